The highest BCUT2D eigenvalue weighted by Gasteiger charge is 2.20. The van der Waals surface area contributed by atoms with Crippen molar-refractivity contribution in [3.63, 3.8) is 0 Å². The highest BCUT2D eigenvalue weighted by molar-refractivity contribution is 9.10. The molecule has 2 aromatic heterocycles. The van der Waals surface area contributed by atoms with Crippen LogP contribution in [-0.4, -0.2) is 35.2 Å². The summed E-state index contributed by atoms with van der Waals surface area (Å²) in [5.41, 5.74) is 0.798. The van der Waals surface area contributed by atoms with E-state index in [-0.39, 0.29) is 12.3 Å². The molecular formula is C11H12BrN3O3S. The monoisotopic (exact) mass is 345 g/mol. The molecule has 0 spiro atoms. The van der Waals surface area contributed by atoms with Crippen molar-refractivity contribution in [3.05, 3.63) is 32.2 Å². The number of hydrogen-bond acceptors (Lipinski definition) is 6. The van der Waals surface area contributed by atoms with Crippen molar-refractivity contribution in [1.82, 2.24) is 15.0 Å². The Morgan fingerprint density at radius 1 is 1.53 bits per heavy atom. The highest BCUT2D eigenvalue weighted by Crippen LogP contribution is 2.24. The number of methoxy groups -OCH3 is 2. The van der Waals surface area contributed by atoms with Gasteiger partial charge < -0.3 is 9.47 Å². The minimum absolute atomic E-state index is 0.192. The highest BCUT2D eigenvalue weighted by atomic mass is 79.9. The maximum absolute atomic E-state index is 11.6. The van der Waals surface area contributed by atoms with Gasteiger partial charge in [-0.1, -0.05) is 5.21 Å². The molecule has 0 bridgehead atoms. The third-order valence-electron chi connectivity index (χ3n) is 2.48. The lowest BCUT2D eigenvalue weighted by Gasteiger charge is -2.06. The fraction of sp³-hybridized carbons (Fsp3) is 0.364. The van der Waals surface area contributed by atoms with Crippen LogP contribution in [0.25, 0.3) is 0 Å². The fourth-order valence-electron chi connectivity index (χ4n) is 1.57. The smallest absolute Gasteiger partial charge is 0.360 e. The number of esters is 1. The molecule has 0 amide bonds. The molecule has 102 valence electrons. The minimum Gasteiger partial charge on any atom is -0.464 e. The first-order valence-corrected chi connectivity index (χ1v) is 7.06. The lowest BCUT2D eigenvalue weighted by Crippen LogP contribution is -2.11. The number of ether oxygens (including phenoxy) is 2. The van der Waals surface area contributed by atoms with E-state index in [0.717, 1.165) is 9.35 Å². The van der Waals surface area contributed by atoms with Crippen LogP contribution in [0, 0.1) is 0 Å². The Kier molecular flexibility index (Phi) is 4.67. The van der Waals surface area contributed by atoms with Gasteiger partial charge in [0.1, 0.15) is 0 Å². The first-order chi connectivity index (χ1) is 9.17. The molecule has 6 nitrogen and oxygen atoms in total. The van der Waals surface area contributed by atoms with Gasteiger partial charge in [0.15, 0.2) is 5.69 Å². The molecule has 0 radical (unpaired) electrons. The quantitative estimate of drug-likeness (QED) is 0.776. The van der Waals surface area contributed by atoms with Gasteiger partial charge in [0.2, 0.25) is 0 Å². The minimum atomic E-state index is -0.511. The molecule has 2 aromatic rings. The van der Waals surface area contributed by atoms with Crippen molar-refractivity contribution >= 4 is 33.2 Å². The molecule has 2 rings (SSSR count). The summed E-state index contributed by atoms with van der Waals surface area (Å²) in [4.78, 5) is 12.7. The van der Waals surface area contributed by atoms with Crippen LogP contribution in [0.1, 0.15) is 21.1 Å². The summed E-state index contributed by atoms with van der Waals surface area (Å²) in [6.45, 7) is 0.779. The summed E-state index contributed by atoms with van der Waals surface area (Å²) in [6.07, 6.45) is 0. The molecule has 0 aliphatic heterocycles. The third kappa shape index (κ3) is 3.02. The summed E-state index contributed by atoms with van der Waals surface area (Å²) >= 11 is 5.06. The molecule has 0 saturated carbocycles. The lowest BCUT2D eigenvalue weighted by molar-refractivity contribution is 0.0588. The maximum atomic E-state index is 11.6. The van der Waals surface area contributed by atoms with E-state index >= 15 is 0 Å². The fourth-order valence-corrected chi connectivity index (χ4v) is 3.03. The Morgan fingerprint density at radius 3 is 2.89 bits per heavy atom. The van der Waals surface area contributed by atoms with Crippen molar-refractivity contribution in [3.8, 4) is 0 Å². The van der Waals surface area contributed by atoms with E-state index < -0.39 is 5.97 Å². The summed E-state index contributed by atoms with van der Waals surface area (Å²) < 4.78 is 12.4. The maximum Gasteiger partial charge on any atom is 0.360 e. The zero-order valence-corrected chi connectivity index (χ0v) is 12.8. The van der Waals surface area contributed by atoms with Crippen LogP contribution in [0.15, 0.2) is 15.9 Å². The van der Waals surface area contributed by atoms with Gasteiger partial charge in [-0.2, -0.15) is 0 Å². The van der Waals surface area contributed by atoms with Crippen LogP contribution in [-0.2, 0) is 22.6 Å². The third-order valence-corrected chi connectivity index (χ3v) is 4.39. The van der Waals surface area contributed by atoms with E-state index in [1.807, 2.05) is 11.4 Å². The van der Waals surface area contributed by atoms with E-state index in [2.05, 4.69) is 31.0 Å². The Hall–Kier alpha value is -1.25. The van der Waals surface area contributed by atoms with Crippen LogP contribution < -0.4 is 0 Å². The van der Waals surface area contributed by atoms with E-state index in [1.165, 1.54) is 7.11 Å². The largest absolute Gasteiger partial charge is 0.464 e. The molecule has 2 heterocycles. The standard InChI is InChI=1S/C11H12BrN3O3S/c1-17-6-8-10(11(16)18-2)13-14-15(8)5-9-7(12)3-4-19-9/h3-4H,5-6H2,1-2H3. The average molecular weight is 346 g/mol. The van der Waals surface area contributed by atoms with Crippen molar-refractivity contribution in [2.75, 3.05) is 14.2 Å². The van der Waals surface area contributed by atoms with Crippen LogP contribution in [0.5, 0.6) is 0 Å². The average Bonchev–Trinajstić information content (AvgIpc) is 2.98. The van der Waals surface area contributed by atoms with Gasteiger partial charge in [-0.05, 0) is 27.4 Å². The molecule has 0 aliphatic carbocycles. The predicted molar refractivity (Wildman–Crippen MR) is 73.2 cm³/mol. The second-order valence-corrected chi connectivity index (χ2v) is 5.51. The number of carbonyl (C=O) groups excluding carboxylic acids is 1. The van der Waals surface area contributed by atoms with Gasteiger partial charge in [-0.25, -0.2) is 9.48 Å². The topological polar surface area (TPSA) is 66.2 Å². The Bertz CT molecular complexity index is 582. The summed E-state index contributed by atoms with van der Waals surface area (Å²) in [5.74, 6) is -0.511. The molecule has 0 atom stereocenters. The van der Waals surface area contributed by atoms with Crippen molar-refractivity contribution in [2.24, 2.45) is 0 Å². The zero-order chi connectivity index (χ0) is 13.8. The zero-order valence-electron chi connectivity index (χ0n) is 10.4. The summed E-state index contributed by atoms with van der Waals surface area (Å²) in [5, 5.41) is 9.83. The molecule has 8 heteroatoms. The van der Waals surface area contributed by atoms with Gasteiger partial charge >= 0.3 is 5.97 Å². The van der Waals surface area contributed by atoms with Crippen LogP contribution in [0.3, 0.4) is 0 Å². The van der Waals surface area contributed by atoms with Crippen molar-refractivity contribution in [1.29, 1.82) is 0 Å². The summed E-state index contributed by atoms with van der Waals surface area (Å²) in [6, 6.07) is 1.97. The number of hydrogen-bond donors (Lipinski definition) is 0. The van der Waals surface area contributed by atoms with E-state index in [9.17, 15) is 4.79 Å². The number of thiophene rings is 1. The number of aromatic nitrogens is 3. The van der Waals surface area contributed by atoms with Crippen molar-refractivity contribution < 1.29 is 14.3 Å². The van der Waals surface area contributed by atoms with Gasteiger partial charge in [0.05, 0.1) is 26.0 Å². The predicted octanol–water partition coefficient (Wildman–Crippen LogP) is 2.08. The van der Waals surface area contributed by atoms with Crippen LogP contribution in [0.4, 0.5) is 0 Å². The van der Waals surface area contributed by atoms with Gasteiger partial charge in [-0.3, -0.25) is 0 Å². The Balaban J connectivity index is 2.32. The van der Waals surface area contributed by atoms with Gasteiger partial charge in [-0.15, -0.1) is 16.4 Å². The first kappa shape index (κ1) is 14.2. The second kappa shape index (κ2) is 6.27. The number of halogens is 1. The Morgan fingerprint density at radius 2 is 2.32 bits per heavy atom. The van der Waals surface area contributed by atoms with Crippen molar-refractivity contribution in [2.45, 2.75) is 13.2 Å². The van der Waals surface area contributed by atoms with E-state index in [0.29, 0.717) is 12.2 Å². The van der Waals surface area contributed by atoms with Gasteiger partial charge in [0.25, 0.3) is 0 Å². The SMILES string of the molecule is COCc1c(C(=O)OC)nnn1Cc1sccc1Br. The molecule has 0 aromatic carbocycles. The Labute approximate surface area is 122 Å². The van der Waals surface area contributed by atoms with E-state index in [4.69, 9.17) is 4.74 Å². The van der Waals surface area contributed by atoms with Crippen LogP contribution in [0.2, 0.25) is 0 Å². The number of carbonyl (C=O) groups is 1. The molecule has 0 fully saturated rings. The summed E-state index contributed by atoms with van der Waals surface area (Å²) in [7, 11) is 2.87. The molecule has 0 N–H and O–H groups in total. The van der Waals surface area contributed by atoms with Crippen LogP contribution >= 0.6 is 27.3 Å². The normalized spacial score (nSPS) is 10.7. The number of nitrogens with zero attached hydrogens (tertiary/aromatic N) is 3. The number of rotatable bonds is 5. The van der Waals surface area contributed by atoms with Gasteiger partial charge in [0, 0.05) is 16.5 Å². The first-order valence-electron chi connectivity index (χ1n) is 5.38. The molecule has 0 saturated heterocycles. The molecular weight excluding hydrogens is 334 g/mol. The molecule has 0 unspecified atom stereocenters. The lowest BCUT2D eigenvalue weighted by atomic mass is 10.3. The molecule has 0 aliphatic rings. The van der Waals surface area contributed by atoms with E-state index in [1.54, 1.807) is 23.1 Å². The second-order valence-electron chi connectivity index (χ2n) is 3.66. The molecule has 19 heavy (non-hydrogen) atoms.